The lowest BCUT2D eigenvalue weighted by molar-refractivity contribution is -0.116. The van der Waals surface area contributed by atoms with Crippen LogP contribution in [-0.4, -0.2) is 26.5 Å². The lowest BCUT2D eigenvalue weighted by Crippen LogP contribution is -2.31. The summed E-state index contributed by atoms with van der Waals surface area (Å²) < 4.78 is 1.21. The van der Waals surface area contributed by atoms with Gasteiger partial charge in [-0.1, -0.05) is 36.2 Å². The predicted molar refractivity (Wildman–Crippen MR) is 110 cm³/mol. The van der Waals surface area contributed by atoms with Gasteiger partial charge in [-0.2, -0.15) is 0 Å². The van der Waals surface area contributed by atoms with Crippen molar-refractivity contribution < 1.29 is 14.7 Å². The lowest BCUT2D eigenvalue weighted by Gasteiger charge is -2.13. The van der Waals surface area contributed by atoms with Gasteiger partial charge in [-0.3, -0.25) is 14.2 Å². The van der Waals surface area contributed by atoms with Gasteiger partial charge in [0.2, 0.25) is 5.91 Å². The number of rotatable bonds is 6. The number of hydrogen-bond donors (Lipinski definition) is 2. The van der Waals surface area contributed by atoms with Crippen LogP contribution in [-0.2, 0) is 17.8 Å². The number of aryl methyl sites for hydroxylation is 1. The number of amides is 1. The Morgan fingerprint density at radius 3 is 2.75 bits per heavy atom. The predicted octanol–water partition coefficient (Wildman–Crippen LogP) is 4.05. The molecule has 2 aromatic heterocycles. The van der Waals surface area contributed by atoms with Gasteiger partial charge in [0, 0.05) is 11.8 Å². The first-order valence-electron chi connectivity index (χ1n) is 8.31. The Morgan fingerprint density at radius 1 is 1.32 bits per heavy atom. The Balaban J connectivity index is 2.02. The van der Waals surface area contributed by atoms with Crippen molar-refractivity contribution in [2.75, 3.05) is 5.32 Å². The second-order valence-corrected chi connectivity index (χ2v) is 7.60. The second-order valence-electron chi connectivity index (χ2n) is 5.95. The van der Waals surface area contributed by atoms with Crippen LogP contribution in [0.2, 0.25) is 10.0 Å². The smallest absolute Gasteiger partial charge is 0.337 e. The minimum Gasteiger partial charge on any atom is -0.478 e. The van der Waals surface area contributed by atoms with Crippen LogP contribution in [0.4, 0.5) is 5.69 Å². The van der Waals surface area contributed by atoms with Gasteiger partial charge < -0.3 is 10.4 Å². The van der Waals surface area contributed by atoms with Crippen molar-refractivity contribution in [1.82, 2.24) is 9.55 Å². The molecule has 0 radical (unpaired) electrons. The first kappa shape index (κ1) is 20.3. The van der Waals surface area contributed by atoms with Crippen LogP contribution in [0.3, 0.4) is 0 Å². The zero-order chi connectivity index (χ0) is 20.4. The summed E-state index contributed by atoms with van der Waals surface area (Å²) >= 11 is 13.1. The quantitative estimate of drug-likeness (QED) is 0.602. The van der Waals surface area contributed by atoms with Gasteiger partial charge in [0.05, 0.1) is 26.7 Å². The van der Waals surface area contributed by atoms with Crippen LogP contribution >= 0.6 is 34.5 Å². The number of aromatic nitrogens is 2. The monoisotopic (exact) mass is 439 g/mol. The molecule has 0 bridgehead atoms. The highest BCUT2D eigenvalue weighted by molar-refractivity contribution is 7.17. The van der Waals surface area contributed by atoms with Crippen LogP contribution < -0.4 is 10.9 Å². The molecule has 2 N–H and O–H groups in total. The molecule has 0 aliphatic rings. The van der Waals surface area contributed by atoms with Crippen molar-refractivity contribution in [1.29, 1.82) is 0 Å². The number of benzene rings is 1. The fraction of sp³-hybridized carbons (Fsp3) is 0.222. The molecule has 10 heteroatoms. The molecule has 3 aromatic rings. The molecule has 1 amide bonds. The molecular formula is C18H15Cl2N3O4S. The molecule has 0 fully saturated rings. The van der Waals surface area contributed by atoms with Gasteiger partial charge in [-0.15, -0.1) is 11.3 Å². The van der Waals surface area contributed by atoms with Crippen molar-refractivity contribution in [3.63, 3.8) is 0 Å². The van der Waals surface area contributed by atoms with Crippen LogP contribution in [0.25, 0.3) is 10.2 Å². The van der Waals surface area contributed by atoms with E-state index in [1.54, 1.807) is 18.2 Å². The zero-order valence-electron chi connectivity index (χ0n) is 14.7. The Morgan fingerprint density at radius 2 is 2.07 bits per heavy atom. The highest BCUT2D eigenvalue weighted by atomic mass is 35.5. The normalized spacial score (nSPS) is 11.0. The number of nitrogens with zero attached hydrogens (tertiary/aromatic N) is 2. The standard InChI is InChI=1S/C18H15Cl2N3O4S/c1-2-4-12-22-16-14(9(8-28-16)18(26)27)17(25)23(12)7-13(24)21-11-6-3-5-10(19)15(11)20/h3,5-6,8H,2,4,7H2,1H3,(H,21,24)(H,26,27). The molecule has 2 heterocycles. The fourth-order valence-electron chi connectivity index (χ4n) is 2.74. The first-order chi connectivity index (χ1) is 13.3. The molecule has 1 aromatic carbocycles. The van der Waals surface area contributed by atoms with Crippen molar-refractivity contribution in [3.8, 4) is 0 Å². The SMILES string of the molecule is CCCc1nc2scc(C(=O)O)c2c(=O)n1CC(=O)Nc1cccc(Cl)c1Cl. The van der Waals surface area contributed by atoms with Gasteiger partial charge in [0.15, 0.2) is 0 Å². The Bertz CT molecular complexity index is 1140. The zero-order valence-corrected chi connectivity index (χ0v) is 17.0. The fourth-order valence-corrected chi connectivity index (χ4v) is 4.00. The third kappa shape index (κ3) is 3.89. The molecule has 0 atom stereocenters. The molecule has 7 nitrogen and oxygen atoms in total. The Kier molecular flexibility index (Phi) is 6.02. The number of hydrogen-bond acceptors (Lipinski definition) is 5. The average Bonchev–Trinajstić information content (AvgIpc) is 3.07. The van der Waals surface area contributed by atoms with Gasteiger partial charge in [-0.05, 0) is 18.6 Å². The van der Waals surface area contributed by atoms with Crippen molar-refractivity contribution in [2.24, 2.45) is 0 Å². The third-order valence-corrected chi connectivity index (χ3v) is 5.70. The van der Waals surface area contributed by atoms with Crippen molar-refractivity contribution in [3.05, 3.63) is 55.4 Å². The lowest BCUT2D eigenvalue weighted by atomic mass is 10.2. The number of carboxylic acids is 1. The number of anilines is 1. The van der Waals surface area contributed by atoms with E-state index in [1.165, 1.54) is 9.95 Å². The van der Waals surface area contributed by atoms with Gasteiger partial charge in [-0.25, -0.2) is 9.78 Å². The summed E-state index contributed by atoms with van der Waals surface area (Å²) in [7, 11) is 0. The van der Waals surface area contributed by atoms with Gasteiger partial charge in [0.25, 0.3) is 5.56 Å². The first-order valence-corrected chi connectivity index (χ1v) is 9.95. The number of aromatic carboxylic acids is 1. The van der Waals surface area contributed by atoms with E-state index in [9.17, 15) is 19.5 Å². The van der Waals surface area contributed by atoms with E-state index in [4.69, 9.17) is 23.2 Å². The molecule has 0 unspecified atom stereocenters. The van der Waals surface area contributed by atoms with E-state index in [2.05, 4.69) is 10.3 Å². The Hall–Kier alpha value is -2.42. The van der Waals surface area contributed by atoms with Crippen LogP contribution in [0.5, 0.6) is 0 Å². The Labute approximate surface area is 173 Å². The number of thiophene rings is 1. The maximum Gasteiger partial charge on any atom is 0.337 e. The van der Waals surface area contributed by atoms with E-state index in [1.807, 2.05) is 6.92 Å². The van der Waals surface area contributed by atoms with Crippen LogP contribution in [0, 0.1) is 0 Å². The minimum absolute atomic E-state index is 0.00550. The number of fused-ring (bicyclic) bond motifs is 1. The number of nitrogens with one attached hydrogen (secondary N) is 1. The molecule has 28 heavy (non-hydrogen) atoms. The summed E-state index contributed by atoms with van der Waals surface area (Å²) in [6.07, 6.45) is 1.17. The van der Waals surface area contributed by atoms with Gasteiger partial charge >= 0.3 is 5.97 Å². The minimum atomic E-state index is -1.21. The molecular weight excluding hydrogens is 425 g/mol. The molecule has 0 saturated heterocycles. The maximum atomic E-state index is 13.0. The molecule has 146 valence electrons. The van der Waals surface area contributed by atoms with E-state index in [0.29, 0.717) is 29.2 Å². The molecule has 3 rings (SSSR count). The summed E-state index contributed by atoms with van der Waals surface area (Å²) in [5.74, 6) is -1.29. The van der Waals surface area contributed by atoms with Crippen molar-refractivity contribution >= 4 is 62.3 Å². The van der Waals surface area contributed by atoms with Crippen LogP contribution in [0.1, 0.15) is 29.5 Å². The van der Waals surface area contributed by atoms with E-state index < -0.39 is 17.4 Å². The van der Waals surface area contributed by atoms with Crippen molar-refractivity contribution in [2.45, 2.75) is 26.3 Å². The highest BCUT2D eigenvalue weighted by Crippen LogP contribution is 2.29. The summed E-state index contributed by atoms with van der Waals surface area (Å²) in [4.78, 5) is 41.7. The summed E-state index contributed by atoms with van der Waals surface area (Å²) in [6.45, 7) is 1.60. The van der Waals surface area contributed by atoms with E-state index in [0.717, 1.165) is 11.3 Å². The summed E-state index contributed by atoms with van der Waals surface area (Å²) in [5.41, 5.74) is -0.355. The van der Waals surface area contributed by atoms with Crippen LogP contribution in [0.15, 0.2) is 28.4 Å². The molecule has 0 spiro atoms. The van der Waals surface area contributed by atoms with Gasteiger partial charge in [0.1, 0.15) is 17.2 Å². The molecule has 0 aliphatic carbocycles. The number of carbonyl (C=O) groups is 2. The number of halogens is 2. The molecule has 0 saturated carbocycles. The number of carbonyl (C=O) groups excluding carboxylic acids is 1. The second kappa shape index (κ2) is 8.30. The van der Waals surface area contributed by atoms with E-state index >= 15 is 0 Å². The highest BCUT2D eigenvalue weighted by Gasteiger charge is 2.21. The molecule has 0 aliphatic heterocycles. The summed E-state index contributed by atoms with van der Waals surface area (Å²) in [5, 5.41) is 13.8. The summed E-state index contributed by atoms with van der Waals surface area (Å²) in [6, 6.07) is 4.81. The largest absolute Gasteiger partial charge is 0.478 e. The number of carboxylic acid groups (broad SMARTS) is 1. The topological polar surface area (TPSA) is 101 Å². The maximum absolute atomic E-state index is 13.0. The van der Waals surface area contributed by atoms with E-state index in [-0.39, 0.29) is 27.5 Å². The average molecular weight is 440 g/mol. The third-order valence-electron chi connectivity index (χ3n) is 4.00.